The fourth-order valence-electron chi connectivity index (χ4n) is 1.45. The SMILES string of the molecule is C=CCNC(=O)CN1CCC(N)C1. The highest BCUT2D eigenvalue weighted by Crippen LogP contribution is 2.05. The summed E-state index contributed by atoms with van der Waals surface area (Å²) < 4.78 is 0. The van der Waals surface area contributed by atoms with Crippen molar-refractivity contribution in [3.8, 4) is 0 Å². The van der Waals surface area contributed by atoms with Gasteiger partial charge in [0.2, 0.25) is 5.91 Å². The summed E-state index contributed by atoms with van der Waals surface area (Å²) in [5.41, 5.74) is 5.71. The van der Waals surface area contributed by atoms with Gasteiger partial charge >= 0.3 is 0 Å². The van der Waals surface area contributed by atoms with Gasteiger partial charge < -0.3 is 11.1 Å². The first-order valence-electron chi connectivity index (χ1n) is 4.58. The smallest absolute Gasteiger partial charge is 0.234 e. The number of hydrogen-bond acceptors (Lipinski definition) is 3. The first-order chi connectivity index (χ1) is 6.22. The molecule has 0 bridgehead atoms. The summed E-state index contributed by atoms with van der Waals surface area (Å²) in [6.45, 7) is 6.30. The summed E-state index contributed by atoms with van der Waals surface area (Å²) in [7, 11) is 0. The van der Waals surface area contributed by atoms with E-state index in [2.05, 4.69) is 16.8 Å². The van der Waals surface area contributed by atoms with Crippen molar-refractivity contribution in [2.75, 3.05) is 26.2 Å². The Balaban J connectivity index is 2.16. The van der Waals surface area contributed by atoms with Crippen LogP contribution in [0.25, 0.3) is 0 Å². The quantitative estimate of drug-likeness (QED) is 0.568. The molecule has 0 radical (unpaired) electrons. The van der Waals surface area contributed by atoms with Gasteiger partial charge in [0.1, 0.15) is 0 Å². The van der Waals surface area contributed by atoms with Gasteiger partial charge in [-0.1, -0.05) is 6.08 Å². The van der Waals surface area contributed by atoms with E-state index in [1.54, 1.807) is 6.08 Å². The standard InChI is InChI=1S/C9H17N3O/c1-2-4-11-9(13)7-12-5-3-8(10)6-12/h2,8H,1,3-7,10H2,(H,11,13). The second-order valence-corrected chi connectivity index (χ2v) is 3.38. The summed E-state index contributed by atoms with van der Waals surface area (Å²) in [5, 5.41) is 2.73. The van der Waals surface area contributed by atoms with Crippen LogP contribution in [-0.4, -0.2) is 43.0 Å². The van der Waals surface area contributed by atoms with E-state index in [1.807, 2.05) is 0 Å². The first-order valence-corrected chi connectivity index (χ1v) is 4.58. The summed E-state index contributed by atoms with van der Waals surface area (Å²) in [6.07, 6.45) is 2.67. The zero-order valence-electron chi connectivity index (χ0n) is 7.83. The molecule has 74 valence electrons. The second kappa shape index (κ2) is 4.99. The van der Waals surface area contributed by atoms with Crippen LogP contribution in [0.5, 0.6) is 0 Å². The minimum Gasteiger partial charge on any atom is -0.352 e. The van der Waals surface area contributed by atoms with Crippen LogP contribution in [0.4, 0.5) is 0 Å². The molecule has 4 heteroatoms. The number of nitrogens with two attached hydrogens (primary N) is 1. The highest BCUT2D eigenvalue weighted by molar-refractivity contribution is 5.78. The average molecular weight is 183 g/mol. The lowest BCUT2D eigenvalue weighted by atomic mass is 10.3. The van der Waals surface area contributed by atoms with Crippen molar-refractivity contribution in [2.45, 2.75) is 12.5 Å². The summed E-state index contributed by atoms with van der Waals surface area (Å²) >= 11 is 0. The molecule has 1 heterocycles. The Bertz CT molecular complexity index is 193. The number of nitrogens with one attached hydrogen (secondary N) is 1. The molecule has 0 saturated carbocycles. The maximum Gasteiger partial charge on any atom is 0.234 e. The molecule has 1 rings (SSSR count). The molecule has 0 aliphatic carbocycles. The molecular formula is C9H17N3O. The maximum atomic E-state index is 11.2. The van der Waals surface area contributed by atoms with E-state index in [0.29, 0.717) is 13.1 Å². The van der Waals surface area contributed by atoms with Gasteiger partial charge in [-0.25, -0.2) is 0 Å². The van der Waals surface area contributed by atoms with E-state index in [4.69, 9.17) is 5.73 Å². The molecule has 0 spiro atoms. The van der Waals surface area contributed by atoms with Crippen molar-refractivity contribution in [1.29, 1.82) is 0 Å². The first kappa shape index (κ1) is 10.2. The molecule has 1 atom stereocenters. The Labute approximate surface area is 78.8 Å². The molecule has 1 unspecified atom stereocenters. The molecule has 1 fully saturated rings. The van der Waals surface area contributed by atoms with Crippen LogP contribution in [0.15, 0.2) is 12.7 Å². The number of carbonyl (C=O) groups excluding carboxylic acids is 1. The van der Waals surface area contributed by atoms with Crippen molar-refractivity contribution >= 4 is 5.91 Å². The molecule has 1 saturated heterocycles. The van der Waals surface area contributed by atoms with E-state index >= 15 is 0 Å². The zero-order chi connectivity index (χ0) is 9.68. The highest BCUT2D eigenvalue weighted by Gasteiger charge is 2.20. The number of amides is 1. The number of nitrogens with zero attached hydrogens (tertiary/aromatic N) is 1. The number of rotatable bonds is 4. The molecule has 1 aliphatic heterocycles. The molecular weight excluding hydrogens is 166 g/mol. The van der Waals surface area contributed by atoms with Gasteiger partial charge in [0.15, 0.2) is 0 Å². The van der Waals surface area contributed by atoms with Gasteiger partial charge in [-0.15, -0.1) is 6.58 Å². The molecule has 0 aromatic rings. The van der Waals surface area contributed by atoms with Crippen molar-refractivity contribution < 1.29 is 4.79 Å². The van der Waals surface area contributed by atoms with Gasteiger partial charge in [0, 0.05) is 25.7 Å². The normalized spacial score (nSPS) is 23.0. The largest absolute Gasteiger partial charge is 0.352 e. The topological polar surface area (TPSA) is 58.4 Å². The van der Waals surface area contributed by atoms with E-state index in [-0.39, 0.29) is 11.9 Å². The van der Waals surface area contributed by atoms with Crippen LogP contribution >= 0.6 is 0 Å². The van der Waals surface area contributed by atoms with Crippen molar-refractivity contribution in [2.24, 2.45) is 5.73 Å². The van der Waals surface area contributed by atoms with Gasteiger partial charge in [-0.3, -0.25) is 9.69 Å². The van der Waals surface area contributed by atoms with Crippen molar-refractivity contribution in [1.82, 2.24) is 10.2 Å². The Kier molecular flexibility index (Phi) is 3.92. The fraction of sp³-hybridized carbons (Fsp3) is 0.667. The monoisotopic (exact) mass is 183 g/mol. The number of hydrogen-bond donors (Lipinski definition) is 2. The van der Waals surface area contributed by atoms with Crippen LogP contribution in [0.2, 0.25) is 0 Å². The van der Waals surface area contributed by atoms with Crippen molar-refractivity contribution in [3.05, 3.63) is 12.7 Å². The van der Waals surface area contributed by atoms with Crippen LogP contribution < -0.4 is 11.1 Å². The molecule has 13 heavy (non-hydrogen) atoms. The van der Waals surface area contributed by atoms with Gasteiger partial charge in [0.05, 0.1) is 6.54 Å². The Morgan fingerprint density at radius 3 is 3.08 bits per heavy atom. The minimum atomic E-state index is 0.0500. The van der Waals surface area contributed by atoms with Gasteiger partial charge in [-0.05, 0) is 6.42 Å². The van der Waals surface area contributed by atoms with E-state index in [9.17, 15) is 4.79 Å². The third-order valence-corrected chi connectivity index (χ3v) is 2.12. The molecule has 0 aromatic heterocycles. The third-order valence-electron chi connectivity index (χ3n) is 2.12. The molecule has 1 aliphatic rings. The van der Waals surface area contributed by atoms with Crippen LogP contribution in [-0.2, 0) is 4.79 Å². The van der Waals surface area contributed by atoms with Crippen LogP contribution in [0.1, 0.15) is 6.42 Å². The summed E-state index contributed by atoms with van der Waals surface area (Å²) in [5.74, 6) is 0.0500. The fourth-order valence-corrected chi connectivity index (χ4v) is 1.45. The lowest BCUT2D eigenvalue weighted by molar-refractivity contribution is -0.121. The van der Waals surface area contributed by atoms with Gasteiger partial charge in [0.25, 0.3) is 0 Å². The molecule has 1 amide bonds. The van der Waals surface area contributed by atoms with E-state index in [1.165, 1.54) is 0 Å². The van der Waals surface area contributed by atoms with Crippen LogP contribution in [0, 0.1) is 0 Å². The van der Waals surface area contributed by atoms with Crippen LogP contribution in [0.3, 0.4) is 0 Å². The predicted molar refractivity (Wildman–Crippen MR) is 52.2 cm³/mol. The lowest BCUT2D eigenvalue weighted by Crippen LogP contribution is -2.37. The molecule has 4 nitrogen and oxygen atoms in total. The Morgan fingerprint density at radius 1 is 1.77 bits per heavy atom. The number of carbonyl (C=O) groups is 1. The summed E-state index contributed by atoms with van der Waals surface area (Å²) in [4.78, 5) is 13.3. The predicted octanol–water partition coefficient (Wildman–Crippen LogP) is -0.678. The van der Waals surface area contributed by atoms with E-state index < -0.39 is 0 Å². The average Bonchev–Trinajstić information content (AvgIpc) is 2.48. The lowest BCUT2D eigenvalue weighted by Gasteiger charge is -2.13. The highest BCUT2D eigenvalue weighted by atomic mass is 16.2. The minimum absolute atomic E-state index is 0.0500. The maximum absolute atomic E-state index is 11.2. The Hall–Kier alpha value is -0.870. The third kappa shape index (κ3) is 3.57. The van der Waals surface area contributed by atoms with E-state index in [0.717, 1.165) is 19.5 Å². The molecule has 3 N–H and O–H groups in total. The molecule has 0 aromatic carbocycles. The van der Waals surface area contributed by atoms with Crippen molar-refractivity contribution in [3.63, 3.8) is 0 Å². The second-order valence-electron chi connectivity index (χ2n) is 3.38. The van der Waals surface area contributed by atoms with Gasteiger partial charge in [-0.2, -0.15) is 0 Å². The number of likely N-dealkylation sites (tertiary alicyclic amines) is 1. The Morgan fingerprint density at radius 2 is 2.54 bits per heavy atom. The zero-order valence-corrected chi connectivity index (χ0v) is 7.83. The summed E-state index contributed by atoms with van der Waals surface area (Å²) in [6, 6.07) is 0.243.